The fourth-order valence-corrected chi connectivity index (χ4v) is 2.44. The highest BCUT2D eigenvalue weighted by atomic mass is 32.2. The normalized spacial score (nSPS) is 15.8. The number of rotatable bonds is 5. The van der Waals surface area contributed by atoms with Crippen LogP contribution in [0.4, 0.5) is 5.69 Å². The average Bonchev–Trinajstić information content (AvgIpc) is 2.42. The van der Waals surface area contributed by atoms with Crippen LogP contribution in [0.25, 0.3) is 0 Å². The van der Waals surface area contributed by atoms with E-state index in [-0.39, 0.29) is 17.1 Å². The lowest BCUT2D eigenvalue weighted by molar-refractivity contribution is 0.105. The summed E-state index contributed by atoms with van der Waals surface area (Å²) >= 11 is 0. The van der Waals surface area contributed by atoms with Crippen LogP contribution >= 0.6 is 0 Å². The third kappa shape index (κ3) is 3.31. The Hall–Kier alpha value is -1.55. The number of hydrogen-bond donors (Lipinski definition) is 4. The van der Waals surface area contributed by atoms with E-state index in [9.17, 15) is 13.5 Å². The van der Waals surface area contributed by atoms with Gasteiger partial charge in [0.25, 0.3) is 0 Å². The SMILES string of the molecule is NS(=O)(=O)c1cc2c(cc1NCC(O)CO)OCCO2. The number of anilines is 1. The molecule has 112 valence electrons. The second-order valence-electron chi connectivity index (χ2n) is 4.25. The Bertz CT molecular complexity index is 589. The minimum Gasteiger partial charge on any atom is -0.486 e. The maximum Gasteiger partial charge on any atom is 0.240 e. The molecule has 0 aliphatic carbocycles. The number of fused-ring (bicyclic) bond motifs is 1. The van der Waals surface area contributed by atoms with Crippen LogP contribution in [0.2, 0.25) is 0 Å². The Kier molecular flexibility index (Phi) is 4.33. The van der Waals surface area contributed by atoms with Crippen molar-refractivity contribution in [2.75, 3.05) is 31.7 Å². The van der Waals surface area contributed by atoms with Crippen molar-refractivity contribution in [3.63, 3.8) is 0 Å². The van der Waals surface area contributed by atoms with Crippen molar-refractivity contribution in [2.24, 2.45) is 5.14 Å². The van der Waals surface area contributed by atoms with Crippen LogP contribution in [0.15, 0.2) is 17.0 Å². The molecule has 0 aromatic heterocycles. The maximum absolute atomic E-state index is 11.6. The van der Waals surface area contributed by atoms with E-state index < -0.39 is 22.7 Å². The fraction of sp³-hybridized carbons (Fsp3) is 0.455. The van der Waals surface area contributed by atoms with Gasteiger partial charge in [-0.1, -0.05) is 0 Å². The van der Waals surface area contributed by atoms with Gasteiger partial charge in [-0.25, -0.2) is 13.6 Å². The molecule has 5 N–H and O–H groups in total. The Morgan fingerprint density at radius 2 is 1.90 bits per heavy atom. The number of aliphatic hydroxyl groups excluding tert-OH is 2. The summed E-state index contributed by atoms with van der Waals surface area (Å²) in [4.78, 5) is -0.160. The molecule has 1 atom stereocenters. The molecular weight excluding hydrogens is 288 g/mol. The van der Waals surface area contributed by atoms with Crippen molar-refractivity contribution < 1.29 is 28.1 Å². The van der Waals surface area contributed by atoms with Gasteiger partial charge in [-0.2, -0.15) is 0 Å². The van der Waals surface area contributed by atoms with Gasteiger partial charge in [-0.05, 0) is 0 Å². The Balaban J connectivity index is 2.37. The van der Waals surface area contributed by atoms with E-state index in [1.54, 1.807) is 0 Å². The number of sulfonamides is 1. The van der Waals surface area contributed by atoms with E-state index in [1.807, 2.05) is 0 Å². The molecule has 0 saturated heterocycles. The molecule has 1 unspecified atom stereocenters. The quantitative estimate of drug-likeness (QED) is 0.541. The first kappa shape index (κ1) is 14.9. The molecule has 1 aliphatic rings. The Labute approximate surface area is 116 Å². The minimum atomic E-state index is -3.96. The lowest BCUT2D eigenvalue weighted by atomic mass is 10.2. The lowest BCUT2D eigenvalue weighted by Crippen LogP contribution is -2.25. The largest absolute Gasteiger partial charge is 0.486 e. The molecule has 9 heteroatoms. The first-order valence-corrected chi connectivity index (χ1v) is 7.45. The van der Waals surface area contributed by atoms with Crippen LogP contribution < -0.4 is 19.9 Å². The molecular formula is C11H16N2O6S. The number of ether oxygens (including phenoxy) is 2. The highest BCUT2D eigenvalue weighted by Crippen LogP contribution is 2.37. The van der Waals surface area contributed by atoms with Crippen LogP contribution in [-0.2, 0) is 10.0 Å². The molecule has 0 spiro atoms. The molecule has 2 rings (SSSR count). The molecule has 20 heavy (non-hydrogen) atoms. The van der Waals surface area contributed by atoms with Crippen molar-refractivity contribution >= 4 is 15.7 Å². The number of nitrogens with two attached hydrogens (primary N) is 1. The summed E-state index contributed by atoms with van der Waals surface area (Å²) in [5.74, 6) is 0.693. The third-order valence-corrected chi connectivity index (χ3v) is 3.64. The van der Waals surface area contributed by atoms with Crippen molar-refractivity contribution in [3.05, 3.63) is 12.1 Å². The Morgan fingerprint density at radius 1 is 1.30 bits per heavy atom. The smallest absolute Gasteiger partial charge is 0.240 e. The summed E-state index contributed by atoms with van der Waals surface area (Å²) in [6.07, 6.45) is -1.02. The monoisotopic (exact) mass is 304 g/mol. The predicted molar refractivity (Wildman–Crippen MR) is 70.4 cm³/mol. The van der Waals surface area contributed by atoms with Gasteiger partial charge in [0.15, 0.2) is 11.5 Å². The van der Waals surface area contributed by atoms with Crippen molar-refractivity contribution in [2.45, 2.75) is 11.0 Å². The first-order chi connectivity index (χ1) is 9.41. The average molecular weight is 304 g/mol. The van der Waals surface area contributed by atoms with Gasteiger partial charge in [-0.3, -0.25) is 0 Å². The van der Waals surface area contributed by atoms with Crippen LogP contribution in [-0.4, -0.2) is 51.1 Å². The third-order valence-electron chi connectivity index (χ3n) is 2.69. The summed E-state index contributed by atoms with van der Waals surface area (Å²) in [6, 6.07) is 2.72. The Morgan fingerprint density at radius 3 is 2.45 bits per heavy atom. The topological polar surface area (TPSA) is 131 Å². The number of hydrogen-bond acceptors (Lipinski definition) is 7. The van der Waals surface area contributed by atoms with E-state index in [0.717, 1.165) is 0 Å². The van der Waals surface area contributed by atoms with Crippen molar-refractivity contribution in [3.8, 4) is 11.5 Å². The molecule has 8 nitrogen and oxygen atoms in total. The summed E-state index contributed by atoms with van der Waals surface area (Å²) in [6.45, 7) is 0.217. The van der Waals surface area contributed by atoms with E-state index in [1.165, 1.54) is 12.1 Å². The number of benzene rings is 1. The molecule has 1 aromatic rings. The van der Waals surface area contributed by atoms with Gasteiger partial charge in [0.2, 0.25) is 10.0 Å². The van der Waals surface area contributed by atoms with Crippen LogP contribution in [0.3, 0.4) is 0 Å². The molecule has 1 heterocycles. The zero-order valence-electron chi connectivity index (χ0n) is 10.6. The van der Waals surface area contributed by atoms with Crippen LogP contribution in [0.1, 0.15) is 0 Å². The number of primary sulfonamides is 1. The number of aliphatic hydroxyl groups is 2. The summed E-state index contributed by atoms with van der Waals surface area (Å²) in [5, 5.41) is 25.9. The second-order valence-corrected chi connectivity index (χ2v) is 5.78. The molecule has 1 aromatic carbocycles. The lowest BCUT2D eigenvalue weighted by Gasteiger charge is -2.21. The molecule has 0 fully saturated rings. The van der Waals surface area contributed by atoms with Crippen molar-refractivity contribution in [1.29, 1.82) is 0 Å². The zero-order valence-corrected chi connectivity index (χ0v) is 11.4. The predicted octanol–water partition coefficient (Wildman–Crippen LogP) is -1.13. The van der Waals surface area contributed by atoms with Crippen molar-refractivity contribution in [1.82, 2.24) is 0 Å². The fourth-order valence-electron chi connectivity index (χ4n) is 1.74. The molecule has 0 amide bonds. The van der Waals surface area contributed by atoms with E-state index in [4.69, 9.17) is 19.7 Å². The maximum atomic E-state index is 11.6. The van der Waals surface area contributed by atoms with E-state index in [2.05, 4.69) is 5.32 Å². The van der Waals surface area contributed by atoms with Gasteiger partial charge in [0, 0.05) is 18.7 Å². The number of nitrogens with one attached hydrogen (secondary N) is 1. The second kappa shape index (κ2) is 5.83. The zero-order chi connectivity index (χ0) is 14.8. The molecule has 1 aliphatic heterocycles. The van der Waals surface area contributed by atoms with Gasteiger partial charge in [0.1, 0.15) is 18.1 Å². The molecule has 0 saturated carbocycles. The standard InChI is InChI=1S/C11H16N2O6S/c12-20(16,17)11-4-10-9(18-1-2-19-10)3-8(11)13-5-7(15)6-14/h3-4,7,13-15H,1-2,5-6H2,(H2,12,16,17). The van der Waals surface area contributed by atoms with Gasteiger partial charge in [-0.15, -0.1) is 0 Å². The van der Waals surface area contributed by atoms with Gasteiger partial charge in [0.05, 0.1) is 18.4 Å². The molecule has 0 bridgehead atoms. The summed E-state index contributed by atoms with van der Waals surface area (Å²) in [7, 11) is -3.96. The highest BCUT2D eigenvalue weighted by Gasteiger charge is 2.21. The first-order valence-electron chi connectivity index (χ1n) is 5.91. The van der Waals surface area contributed by atoms with Crippen LogP contribution in [0, 0.1) is 0 Å². The van der Waals surface area contributed by atoms with Gasteiger partial charge < -0.3 is 25.0 Å². The molecule has 0 radical (unpaired) electrons. The summed E-state index contributed by atoms with van der Waals surface area (Å²) < 4.78 is 33.8. The minimum absolute atomic E-state index is 0.0291. The van der Waals surface area contributed by atoms with Gasteiger partial charge >= 0.3 is 0 Å². The summed E-state index contributed by atoms with van der Waals surface area (Å²) in [5.41, 5.74) is 0.184. The highest BCUT2D eigenvalue weighted by molar-refractivity contribution is 7.89. The van der Waals surface area contributed by atoms with E-state index in [0.29, 0.717) is 24.7 Å². The van der Waals surface area contributed by atoms with E-state index >= 15 is 0 Å². The van der Waals surface area contributed by atoms with Crippen LogP contribution in [0.5, 0.6) is 11.5 Å².